The van der Waals surface area contributed by atoms with Gasteiger partial charge in [-0.25, -0.2) is 15.0 Å². The van der Waals surface area contributed by atoms with Crippen molar-refractivity contribution in [2.75, 3.05) is 18.4 Å². The fourth-order valence-corrected chi connectivity index (χ4v) is 5.21. The molecule has 8 heteroatoms. The van der Waals surface area contributed by atoms with Gasteiger partial charge in [-0.15, -0.1) is 0 Å². The van der Waals surface area contributed by atoms with E-state index in [-0.39, 0.29) is 30.2 Å². The fourth-order valence-electron chi connectivity index (χ4n) is 5.21. The zero-order valence-electron chi connectivity index (χ0n) is 20.2. The third kappa shape index (κ3) is 5.90. The number of rotatable bonds is 10. The van der Waals surface area contributed by atoms with Crippen LogP contribution in [-0.2, 0) is 22.4 Å². The molecule has 34 heavy (non-hydrogen) atoms. The van der Waals surface area contributed by atoms with Gasteiger partial charge in [0.2, 0.25) is 5.91 Å². The molecule has 1 saturated heterocycles. The van der Waals surface area contributed by atoms with Crippen molar-refractivity contribution in [1.29, 1.82) is 0 Å². The van der Waals surface area contributed by atoms with E-state index in [1.54, 1.807) is 12.4 Å². The molecule has 0 radical (unpaired) electrons. The first-order valence-corrected chi connectivity index (χ1v) is 12.4. The Morgan fingerprint density at radius 2 is 2.09 bits per heavy atom. The lowest BCUT2D eigenvalue weighted by Gasteiger charge is -2.23. The molecule has 2 N–H and O–H groups in total. The smallest absolute Gasteiger partial charge is 0.303 e. The van der Waals surface area contributed by atoms with Crippen LogP contribution in [0.1, 0.15) is 74.0 Å². The van der Waals surface area contributed by atoms with Crippen molar-refractivity contribution in [3.63, 3.8) is 0 Å². The van der Waals surface area contributed by atoms with Crippen LogP contribution in [0.25, 0.3) is 0 Å². The number of amides is 1. The van der Waals surface area contributed by atoms with Gasteiger partial charge in [-0.05, 0) is 81.9 Å². The van der Waals surface area contributed by atoms with Crippen LogP contribution >= 0.6 is 0 Å². The summed E-state index contributed by atoms with van der Waals surface area (Å²) in [5, 5.41) is 12.7. The van der Waals surface area contributed by atoms with Crippen LogP contribution in [0.15, 0.2) is 24.5 Å². The van der Waals surface area contributed by atoms with Crippen molar-refractivity contribution in [2.24, 2.45) is 5.92 Å². The van der Waals surface area contributed by atoms with Crippen LogP contribution in [0.5, 0.6) is 0 Å². The number of anilines is 1. The van der Waals surface area contributed by atoms with Crippen molar-refractivity contribution in [3.05, 3.63) is 47.2 Å². The van der Waals surface area contributed by atoms with Gasteiger partial charge in [-0.1, -0.05) is 6.07 Å². The zero-order chi connectivity index (χ0) is 24.1. The highest BCUT2D eigenvalue weighted by molar-refractivity contribution is 5.81. The van der Waals surface area contributed by atoms with E-state index in [2.05, 4.69) is 34.3 Å². The van der Waals surface area contributed by atoms with Crippen LogP contribution in [0, 0.1) is 12.8 Å². The van der Waals surface area contributed by atoms with Gasteiger partial charge in [0.25, 0.3) is 0 Å². The van der Waals surface area contributed by atoms with Gasteiger partial charge >= 0.3 is 5.97 Å². The molecule has 0 aromatic carbocycles. The standard InChI is InChI=1S/C26H35N5O3/c1-17-13-21(8-10-23-9-7-19-5-3-11-27-25(19)30-23)26(34)31(17)12-4-6-20(14-24(32)33)22-15-28-18(2)29-16-22/h7,9,15-17,20-21H,3-6,8,10-14H2,1-2H3,(H,27,30)(H,32,33)/t17-,20-,21+/m1/s1. The molecule has 0 bridgehead atoms. The van der Waals surface area contributed by atoms with Crippen LogP contribution in [0.2, 0.25) is 0 Å². The van der Waals surface area contributed by atoms with E-state index >= 15 is 0 Å². The Balaban J connectivity index is 1.29. The molecule has 2 aromatic rings. The Hall–Kier alpha value is -3.03. The van der Waals surface area contributed by atoms with E-state index < -0.39 is 5.97 Å². The number of aryl methyl sites for hydroxylation is 3. The number of carbonyl (C=O) groups is 2. The first-order valence-electron chi connectivity index (χ1n) is 12.4. The quantitative estimate of drug-likeness (QED) is 0.550. The fraction of sp³-hybridized carbons (Fsp3) is 0.577. The third-order valence-electron chi connectivity index (χ3n) is 7.14. The van der Waals surface area contributed by atoms with Crippen molar-refractivity contribution >= 4 is 17.7 Å². The van der Waals surface area contributed by atoms with Crippen LogP contribution in [0.4, 0.5) is 5.82 Å². The second-order valence-electron chi connectivity index (χ2n) is 9.69. The minimum absolute atomic E-state index is 0.0288. The zero-order valence-corrected chi connectivity index (χ0v) is 20.2. The number of fused-ring (bicyclic) bond motifs is 1. The molecule has 1 amide bonds. The van der Waals surface area contributed by atoms with E-state index in [9.17, 15) is 14.7 Å². The van der Waals surface area contributed by atoms with Gasteiger partial charge in [0.1, 0.15) is 11.6 Å². The monoisotopic (exact) mass is 465 g/mol. The predicted molar refractivity (Wildman–Crippen MR) is 130 cm³/mol. The molecule has 1 fully saturated rings. The highest BCUT2D eigenvalue weighted by atomic mass is 16.4. The maximum atomic E-state index is 13.1. The van der Waals surface area contributed by atoms with Gasteiger partial charge < -0.3 is 15.3 Å². The SMILES string of the molecule is Cc1ncc([C@H](CCCN2C(=O)[C@@H](CCc3ccc4c(n3)NCCC4)C[C@H]2C)CC(=O)O)cn1. The Morgan fingerprint density at radius 3 is 2.85 bits per heavy atom. The van der Waals surface area contributed by atoms with E-state index in [0.717, 1.165) is 62.1 Å². The van der Waals surface area contributed by atoms with E-state index in [1.807, 2.05) is 11.8 Å². The number of hydrogen-bond donors (Lipinski definition) is 2. The number of aromatic nitrogens is 3. The molecular formula is C26H35N5O3. The largest absolute Gasteiger partial charge is 0.481 e. The molecule has 2 aliphatic heterocycles. The third-order valence-corrected chi connectivity index (χ3v) is 7.14. The molecule has 2 aromatic heterocycles. The number of nitrogens with one attached hydrogen (secondary N) is 1. The first-order chi connectivity index (χ1) is 16.4. The second-order valence-corrected chi connectivity index (χ2v) is 9.69. The molecule has 182 valence electrons. The maximum absolute atomic E-state index is 13.1. The number of likely N-dealkylation sites (tertiary alicyclic amines) is 1. The summed E-state index contributed by atoms with van der Waals surface area (Å²) in [4.78, 5) is 39.7. The average Bonchev–Trinajstić information content (AvgIpc) is 3.09. The summed E-state index contributed by atoms with van der Waals surface area (Å²) in [7, 11) is 0. The molecule has 0 unspecified atom stereocenters. The summed E-state index contributed by atoms with van der Waals surface area (Å²) in [6, 6.07) is 4.47. The lowest BCUT2D eigenvalue weighted by atomic mass is 9.93. The number of pyridine rings is 1. The minimum atomic E-state index is -0.831. The van der Waals surface area contributed by atoms with Gasteiger partial charge in [-0.2, -0.15) is 0 Å². The normalized spacial score (nSPS) is 20.6. The maximum Gasteiger partial charge on any atom is 0.303 e. The summed E-state index contributed by atoms with van der Waals surface area (Å²) in [6.45, 7) is 5.55. The predicted octanol–water partition coefficient (Wildman–Crippen LogP) is 3.75. The minimum Gasteiger partial charge on any atom is -0.481 e. The summed E-state index contributed by atoms with van der Waals surface area (Å²) in [5.74, 6) is 0.944. The molecule has 2 aliphatic rings. The van der Waals surface area contributed by atoms with Gasteiger partial charge in [0, 0.05) is 43.1 Å². The molecule has 0 spiro atoms. The number of hydrogen-bond acceptors (Lipinski definition) is 6. The van der Waals surface area contributed by atoms with E-state index in [1.165, 1.54) is 5.56 Å². The molecule has 0 saturated carbocycles. The van der Waals surface area contributed by atoms with Crippen molar-refractivity contribution in [1.82, 2.24) is 19.9 Å². The van der Waals surface area contributed by atoms with Crippen molar-refractivity contribution in [2.45, 2.75) is 77.2 Å². The highest BCUT2D eigenvalue weighted by Crippen LogP contribution is 2.30. The lowest BCUT2D eigenvalue weighted by Crippen LogP contribution is -2.33. The Morgan fingerprint density at radius 1 is 1.29 bits per heavy atom. The number of carbonyl (C=O) groups excluding carboxylic acids is 1. The molecule has 4 heterocycles. The number of nitrogens with zero attached hydrogens (tertiary/aromatic N) is 4. The van der Waals surface area contributed by atoms with Crippen molar-refractivity contribution in [3.8, 4) is 0 Å². The summed E-state index contributed by atoms with van der Waals surface area (Å²) < 4.78 is 0. The van der Waals surface area contributed by atoms with Crippen LogP contribution in [-0.4, -0.2) is 56.0 Å². The summed E-state index contributed by atoms with van der Waals surface area (Å²) in [5.41, 5.74) is 3.17. The summed E-state index contributed by atoms with van der Waals surface area (Å²) >= 11 is 0. The molecule has 8 nitrogen and oxygen atoms in total. The van der Waals surface area contributed by atoms with Gasteiger partial charge in [-0.3, -0.25) is 9.59 Å². The van der Waals surface area contributed by atoms with Gasteiger partial charge in [0.15, 0.2) is 0 Å². The second kappa shape index (κ2) is 10.9. The number of carboxylic acid groups (broad SMARTS) is 1. The topological polar surface area (TPSA) is 108 Å². The molecule has 0 aliphatic carbocycles. The average molecular weight is 466 g/mol. The molecule has 4 rings (SSSR count). The Kier molecular flexibility index (Phi) is 7.75. The Labute approximate surface area is 201 Å². The molecular weight excluding hydrogens is 430 g/mol. The number of aliphatic carboxylic acids is 1. The van der Waals surface area contributed by atoms with Crippen LogP contribution in [0.3, 0.4) is 0 Å². The van der Waals surface area contributed by atoms with E-state index in [4.69, 9.17) is 4.98 Å². The summed E-state index contributed by atoms with van der Waals surface area (Å²) in [6.07, 6.45) is 9.64. The van der Waals surface area contributed by atoms with Crippen molar-refractivity contribution < 1.29 is 14.7 Å². The lowest BCUT2D eigenvalue weighted by molar-refractivity contribution is -0.137. The number of carboxylic acids is 1. The van der Waals surface area contributed by atoms with Gasteiger partial charge in [0.05, 0.1) is 6.42 Å². The van der Waals surface area contributed by atoms with E-state index in [0.29, 0.717) is 18.8 Å². The highest BCUT2D eigenvalue weighted by Gasteiger charge is 2.36. The van der Waals surface area contributed by atoms with Crippen LogP contribution < -0.4 is 5.32 Å². The Bertz CT molecular complexity index is 1010. The first kappa shape index (κ1) is 24.1. The molecule has 3 atom stereocenters.